The summed E-state index contributed by atoms with van der Waals surface area (Å²) < 4.78 is 10.8. The third kappa shape index (κ3) is 1.90. The Labute approximate surface area is 118 Å². The van der Waals surface area contributed by atoms with Crippen LogP contribution < -0.4 is 0 Å². The van der Waals surface area contributed by atoms with Gasteiger partial charge in [0.2, 0.25) is 0 Å². The number of rotatable bonds is 2. The zero-order chi connectivity index (χ0) is 14.5. The van der Waals surface area contributed by atoms with Crippen LogP contribution in [0.4, 0.5) is 0 Å². The third-order valence-corrected chi connectivity index (χ3v) is 3.87. The Bertz CT molecular complexity index is 558. The first-order valence-corrected chi connectivity index (χ1v) is 6.84. The molecule has 20 heavy (non-hydrogen) atoms. The van der Waals surface area contributed by atoms with E-state index in [4.69, 9.17) is 9.47 Å². The van der Waals surface area contributed by atoms with Gasteiger partial charge in [-0.05, 0) is 32.8 Å². The van der Waals surface area contributed by atoms with Crippen molar-refractivity contribution < 1.29 is 19.1 Å². The highest BCUT2D eigenvalue weighted by atomic mass is 16.6. The van der Waals surface area contributed by atoms with Gasteiger partial charge in [0.15, 0.2) is 5.41 Å². The van der Waals surface area contributed by atoms with Gasteiger partial charge in [0.1, 0.15) is 11.7 Å². The normalized spacial score (nSPS) is 31.4. The predicted molar refractivity (Wildman–Crippen MR) is 71.7 cm³/mol. The molecule has 4 nitrogen and oxygen atoms in total. The topological polar surface area (TPSA) is 52.6 Å². The van der Waals surface area contributed by atoms with Crippen LogP contribution in [0.1, 0.15) is 38.9 Å². The van der Waals surface area contributed by atoms with Gasteiger partial charge in [-0.3, -0.25) is 9.59 Å². The summed E-state index contributed by atoms with van der Waals surface area (Å²) in [5, 5.41) is 0. The molecule has 2 aliphatic rings. The number of hydrogen-bond acceptors (Lipinski definition) is 4. The van der Waals surface area contributed by atoms with Crippen molar-refractivity contribution in [3.8, 4) is 0 Å². The first-order valence-electron chi connectivity index (χ1n) is 6.84. The van der Waals surface area contributed by atoms with Crippen LogP contribution in [0.15, 0.2) is 30.3 Å². The minimum absolute atomic E-state index is 0.0905. The minimum atomic E-state index is -1.06. The first-order chi connectivity index (χ1) is 9.34. The fraction of sp³-hybridized carbons (Fsp3) is 0.500. The molecule has 1 aromatic rings. The van der Waals surface area contributed by atoms with Crippen molar-refractivity contribution >= 4 is 11.9 Å². The summed E-state index contributed by atoms with van der Waals surface area (Å²) >= 11 is 0. The summed E-state index contributed by atoms with van der Waals surface area (Å²) in [6.45, 7) is 5.40. The zero-order valence-electron chi connectivity index (χ0n) is 11.9. The summed E-state index contributed by atoms with van der Waals surface area (Å²) in [5.74, 6) is -0.976. The maximum Gasteiger partial charge on any atom is 0.324 e. The van der Waals surface area contributed by atoms with Crippen molar-refractivity contribution in [2.45, 2.75) is 38.9 Å². The number of hydrogen-bond donors (Lipinski definition) is 0. The number of carbonyl (C=O) groups is 2. The van der Waals surface area contributed by atoms with E-state index in [1.54, 1.807) is 20.8 Å². The molecule has 0 spiro atoms. The lowest BCUT2D eigenvalue weighted by Gasteiger charge is -2.21. The second-order valence-electron chi connectivity index (χ2n) is 6.52. The third-order valence-electron chi connectivity index (χ3n) is 3.87. The molecule has 0 amide bonds. The van der Waals surface area contributed by atoms with Gasteiger partial charge in [-0.15, -0.1) is 0 Å². The van der Waals surface area contributed by atoms with Crippen molar-refractivity contribution in [3.05, 3.63) is 35.9 Å². The largest absolute Gasteiger partial charge is 0.459 e. The van der Waals surface area contributed by atoms with Crippen LogP contribution in [0.25, 0.3) is 0 Å². The number of cyclic esters (lactones) is 1. The van der Waals surface area contributed by atoms with Gasteiger partial charge < -0.3 is 9.47 Å². The van der Waals surface area contributed by atoms with E-state index in [-0.39, 0.29) is 12.0 Å². The summed E-state index contributed by atoms with van der Waals surface area (Å²) in [4.78, 5) is 24.4. The van der Waals surface area contributed by atoms with Crippen LogP contribution in [-0.4, -0.2) is 17.5 Å². The molecule has 1 saturated heterocycles. The van der Waals surface area contributed by atoms with Crippen molar-refractivity contribution in [2.75, 3.05) is 0 Å². The fourth-order valence-corrected chi connectivity index (χ4v) is 2.82. The highest BCUT2D eigenvalue weighted by Crippen LogP contribution is 2.66. The summed E-state index contributed by atoms with van der Waals surface area (Å²) in [6, 6.07) is 9.55. The molecule has 1 aliphatic heterocycles. The van der Waals surface area contributed by atoms with Gasteiger partial charge in [-0.2, -0.15) is 0 Å². The van der Waals surface area contributed by atoms with Crippen LogP contribution in [0.3, 0.4) is 0 Å². The smallest absolute Gasteiger partial charge is 0.324 e. The molecule has 0 bridgehead atoms. The Morgan fingerprint density at radius 1 is 1.30 bits per heavy atom. The Hall–Kier alpha value is -1.84. The van der Waals surface area contributed by atoms with Gasteiger partial charge in [0, 0.05) is 5.92 Å². The van der Waals surface area contributed by atoms with E-state index in [2.05, 4.69) is 0 Å². The SMILES string of the molecule is CC(C)(C)OC(=O)[C@]12C[C@@H]1C(c1ccccc1)OC2=O. The molecule has 0 N–H and O–H groups in total. The molecule has 0 aromatic heterocycles. The Morgan fingerprint density at radius 2 is 1.95 bits per heavy atom. The van der Waals surface area contributed by atoms with Crippen molar-refractivity contribution in [3.63, 3.8) is 0 Å². The van der Waals surface area contributed by atoms with Gasteiger partial charge in [0.05, 0.1) is 0 Å². The Balaban J connectivity index is 1.82. The number of carbonyl (C=O) groups excluding carboxylic acids is 2. The predicted octanol–water partition coefficient (Wildman–Crippen LogP) is 2.63. The van der Waals surface area contributed by atoms with E-state index >= 15 is 0 Å². The molecule has 1 saturated carbocycles. The molecule has 2 fully saturated rings. The second-order valence-corrected chi connectivity index (χ2v) is 6.52. The molecular formula is C16H18O4. The van der Waals surface area contributed by atoms with Crippen molar-refractivity contribution in [2.24, 2.45) is 11.3 Å². The number of ether oxygens (including phenoxy) is 2. The molecule has 106 valence electrons. The maximum atomic E-state index is 12.3. The van der Waals surface area contributed by atoms with Crippen molar-refractivity contribution in [1.29, 1.82) is 0 Å². The van der Waals surface area contributed by atoms with Crippen LogP contribution in [0, 0.1) is 11.3 Å². The molecule has 1 aromatic carbocycles. The first kappa shape index (κ1) is 13.2. The quantitative estimate of drug-likeness (QED) is 0.614. The Morgan fingerprint density at radius 3 is 2.50 bits per heavy atom. The molecule has 0 radical (unpaired) electrons. The average Bonchev–Trinajstić information content (AvgIpc) is 3.05. The van der Waals surface area contributed by atoms with Gasteiger partial charge >= 0.3 is 11.9 Å². The number of fused-ring (bicyclic) bond motifs is 1. The number of esters is 2. The van der Waals surface area contributed by atoms with Gasteiger partial charge in [0.25, 0.3) is 0 Å². The summed E-state index contributed by atoms with van der Waals surface area (Å²) in [7, 11) is 0. The van der Waals surface area contributed by atoms with Crippen molar-refractivity contribution in [1.82, 2.24) is 0 Å². The number of benzene rings is 1. The molecule has 3 rings (SSSR count). The monoisotopic (exact) mass is 274 g/mol. The standard InChI is InChI=1S/C16H18O4/c1-15(2,3)20-14(18)16-9-11(16)12(19-13(16)17)10-7-5-4-6-8-10/h4-8,11-12H,9H2,1-3H3/t11-,12?,16-/m1/s1. The Kier molecular flexibility index (Phi) is 2.68. The minimum Gasteiger partial charge on any atom is -0.459 e. The molecule has 4 heteroatoms. The average molecular weight is 274 g/mol. The van der Waals surface area contributed by atoms with E-state index < -0.39 is 23.0 Å². The highest BCUT2D eigenvalue weighted by molar-refractivity contribution is 6.05. The van der Waals surface area contributed by atoms with E-state index in [0.29, 0.717) is 6.42 Å². The lowest BCUT2D eigenvalue weighted by Crippen LogP contribution is -2.33. The summed E-state index contributed by atoms with van der Waals surface area (Å²) in [6.07, 6.45) is 0.205. The lowest BCUT2D eigenvalue weighted by molar-refractivity contribution is -0.168. The van der Waals surface area contributed by atoms with E-state index in [1.807, 2.05) is 30.3 Å². The van der Waals surface area contributed by atoms with Gasteiger partial charge in [-0.1, -0.05) is 30.3 Å². The van der Waals surface area contributed by atoms with Crippen LogP contribution >= 0.6 is 0 Å². The zero-order valence-corrected chi connectivity index (χ0v) is 11.9. The lowest BCUT2D eigenvalue weighted by atomic mass is 10.00. The molecule has 1 unspecified atom stereocenters. The van der Waals surface area contributed by atoms with E-state index in [0.717, 1.165) is 5.56 Å². The highest BCUT2D eigenvalue weighted by Gasteiger charge is 2.76. The molecular weight excluding hydrogens is 256 g/mol. The van der Waals surface area contributed by atoms with E-state index in [1.165, 1.54) is 0 Å². The second kappa shape index (κ2) is 4.08. The summed E-state index contributed by atoms with van der Waals surface area (Å²) in [5.41, 5.74) is -0.716. The van der Waals surface area contributed by atoms with E-state index in [9.17, 15) is 9.59 Å². The van der Waals surface area contributed by atoms with Crippen LogP contribution in [-0.2, 0) is 19.1 Å². The fourth-order valence-electron chi connectivity index (χ4n) is 2.82. The molecule has 1 aliphatic carbocycles. The van der Waals surface area contributed by atoms with Crippen LogP contribution in [0.2, 0.25) is 0 Å². The maximum absolute atomic E-state index is 12.3. The van der Waals surface area contributed by atoms with Gasteiger partial charge in [-0.25, -0.2) is 0 Å². The van der Waals surface area contributed by atoms with Crippen LogP contribution in [0.5, 0.6) is 0 Å². The molecule has 1 heterocycles. The molecule has 3 atom stereocenters.